The lowest BCUT2D eigenvalue weighted by molar-refractivity contribution is -0.121. The molecule has 0 bridgehead atoms. The predicted molar refractivity (Wildman–Crippen MR) is 68.6 cm³/mol. The van der Waals surface area contributed by atoms with Gasteiger partial charge < -0.3 is 10.2 Å². The smallest absolute Gasteiger partial charge is 0.226 e. The van der Waals surface area contributed by atoms with E-state index in [-0.39, 0.29) is 11.9 Å². The highest BCUT2D eigenvalue weighted by atomic mass is 16.1. The summed E-state index contributed by atoms with van der Waals surface area (Å²) in [7, 11) is 0. The van der Waals surface area contributed by atoms with Crippen LogP contribution in [-0.4, -0.2) is 41.5 Å². The molecule has 0 radical (unpaired) electrons. The van der Waals surface area contributed by atoms with Crippen molar-refractivity contribution in [3.8, 4) is 0 Å². The van der Waals surface area contributed by atoms with E-state index < -0.39 is 0 Å². The number of nitrogens with one attached hydrogen (secondary N) is 1. The Bertz CT molecular complexity index is 326. The Kier molecular flexibility index (Phi) is 4.72. The van der Waals surface area contributed by atoms with Crippen LogP contribution < -0.4 is 11.2 Å². The van der Waals surface area contributed by atoms with Gasteiger partial charge >= 0.3 is 0 Å². The van der Waals surface area contributed by atoms with E-state index in [4.69, 9.17) is 5.84 Å². The Morgan fingerprint density at radius 1 is 1.35 bits per heavy atom. The van der Waals surface area contributed by atoms with Crippen molar-refractivity contribution >= 4 is 5.91 Å². The van der Waals surface area contributed by atoms with Gasteiger partial charge in [-0.1, -0.05) is 27.0 Å². The number of rotatable bonds is 0. The molecule has 1 atom stereocenters. The number of hydrogen-bond acceptors (Lipinski definition) is 4. The number of hydrogen-bond donors (Lipinski definition) is 2. The first-order valence-electron chi connectivity index (χ1n) is 6.02. The summed E-state index contributed by atoms with van der Waals surface area (Å²) in [4.78, 5) is 13.6. The Balaban J connectivity index is 0.000000686. The summed E-state index contributed by atoms with van der Waals surface area (Å²) in [6.07, 6.45) is 0.450. The first-order valence-corrected chi connectivity index (χ1v) is 6.02. The van der Waals surface area contributed by atoms with Gasteiger partial charge in [-0.15, -0.1) is 0 Å². The lowest BCUT2D eigenvalue weighted by Crippen LogP contribution is -2.54. The van der Waals surface area contributed by atoms with Crippen molar-refractivity contribution in [3.05, 3.63) is 24.6 Å². The molecule has 0 aliphatic carbocycles. The van der Waals surface area contributed by atoms with Crippen molar-refractivity contribution in [2.24, 2.45) is 5.84 Å². The topological polar surface area (TPSA) is 61.6 Å². The van der Waals surface area contributed by atoms with Gasteiger partial charge in [0.2, 0.25) is 5.91 Å². The van der Waals surface area contributed by atoms with Crippen molar-refractivity contribution in [1.29, 1.82) is 0 Å². The Hall–Kier alpha value is -1.33. The Labute approximate surface area is 103 Å². The van der Waals surface area contributed by atoms with E-state index in [0.717, 1.165) is 18.8 Å². The third kappa shape index (κ3) is 3.08. The molecule has 2 aliphatic heterocycles. The summed E-state index contributed by atoms with van der Waals surface area (Å²) in [6.45, 7) is 14.0. The molecule has 96 valence electrons. The molecule has 2 fully saturated rings. The fourth-order valence-electron chi connectivity index (χ4n) is 2.09. The van der Waals surface area contributed by atoms with E-state index in [0.29, 0.717) is 18.7 Å². The van der Waals surface area contributed by atoms with Crippen molar-refractivity contribution in [3.63, 3.8) is 0 Å². The van der Waals surface area contributed by atoms with Crippen molar-refractivity contribution in [2.45, 2.75) is 26.3 Å². The molecule has 1 unspecified atom stereocenters. The highest BCUT2D eigenvalue weighted by Crippen LogP contribution is 2.22. The number of amides is 1. The van der Waals surface area contributed by atoms with Crippen molar-refractivity contribution in [1.82, 2.24) is 15.2 Å². The van der Waals surface area contributed by atoms with E-state index in [1.807, 2.05) is 13.8 Å². The molecule has 5 nitrogen and oxygen atoms in total. The predicted octanol–water partition coefficient (Wildman–Crippen LogP) is 0.420. The van der Waals surface area contributed by atoms with Crippen LogP contribution in [0.1, 0.15) is 20.3 Å². The summed E-state index contributed by atoms with van der Waals surface area (Å²) >= 11 is 0. The van der Waals surface area contributed by atoms with Gasteiger partial charge in [0.25, 0.3) is 0 Å². The SMILES string of the molecule is C=C1NC(=O)CC2CN(N)CCN2C1=C.CC. The van der Waals surface area contributed by atoms with Crippen LogP contribution in [0.15, 0.2) is 24.6 Å². The summed E-state index contributed by atoms with van der Waals surface area (Å²) in [5.41, 5.74) is 1.41. The number of nitrogens with two attached hydrogens (primary N) is 1. The molecular weight excluding hydrogens is 216 g/mol. The number of carbonyl (C=O) groups is 1. The molecule has 0 aromatic rings. The van der Waals surface area contributed by atoms with E-state index in [1.54, 1.807) is 5.01 Å². The second kappa shape index (κ2) is 5.84. The molecule has 1 amide bonds. The van der Waals surface area contributed by atoms with Crippen LogP contribution in [0, 0.1) is 0 Å². The zero-order valence-electron chi connectivity index (χ0n) is 10.7. The fraction of sp³-hybridized carbons (Fsp3) is 0.583. The van der Waals surface area contributed by atoms with Gasteiger partial charge in [-0.25, -0.2) is 5.01 Å². The van der Waals surface area contributed by atoms with Crippen LogP contribution in [0.2, 0.25) is 0 Å². The quantitative estimate of drug-likeness (QED) is 0.600. The molecule has 0 spiro atoms. The number of hydrazine groups is 1. The molecule has 2 rings (SSSR count). The number of fused-ring (bicyclic) bond motifs is 1. The maximum Gasteiger partial charge on any atom is 0.226 e. The molecule has 2 saturated heterocycles. The largest absolute Gasteiger partial charge is 0.364 e. The second-order valence-electron chi connectivity index (χ2n) is 4.02. The summed E-state index contributed by atoms with van der Waals surface area (Å²) in [5, 5.41) is 4.47. The van der Waals surface area contributed by atoms with Gasteiger partial charge in [-0.2, -0.15) is 0 Å². The van der Waals surface area contributed by atoms with Crippen LogP contribution in [0.4, 0.5) is 0 Å². The molecule has 0 aromatic heterocycles. The van der Waals surface area contributed by atoms with E-state index in [1.165, 1.54) is 0 Å². The van der Waals surface area contributed by atoms with Gasteiger partial charge in [-0.3, -0.25) is 10.6 Å². The van der Waals surface area contributed by atoms with Crippen LogP contribution in [0.5, 0.6) is 0 Å². The first-order chi connectivity index (χ1) is 8.08. The summed E-state index contributed by atoms with van der Waals surface area (Å²) < 4.78 is 0. The minimum atomic E-state index is -0.0102. The van der Waals surface area contributed by atoms with Gasteiger partial charge in [0.1, 0.15) is 0 Å². The number of piperazine rings is 1. The van der Waals surface area contributed by atoms with E-state index in [9.17, 15) is 4.79 Å². The number of carbonyl (C=O) groups excluding carboxylic acids is 1. The normalized spacial score (nSPS) is 25.5. The van der Waals surface area contributed by atoms with E-state index in [2.05, 4.69) is 23.4 Å². The Morgan fingerprint density at radius 2 is 2.00 bits per heavy atom. The summed E-state index contributed by atoms with van der Waals surface area (Å²) in [6, 6.07) is 0.121. The first kappa shape index (κ1) is 13.7. The minimum absolute atomic E-state index is 0.0102. The fourth-order valence-corrected chi connectivity index (χ4v) is 2.09. The number of nitrogens with zero attached hydrogens (tertiary/aromatic N) is 2. The molecule has 2 heterocycles. The zero-order chi connectivity index (χ0) is 13.0. The van der Waals surface area contributed by atoms with E-state index >= 15 is 0 Å². The van der Waals surface area contributed by atoms with Crippen molar-refractivity contribution in [2.75, 3.05) is 19.6 Å². The third-order valence-electron chi connectivity index (χ3n) is 2.92. The summed E-state index contributed by atoms with van der Waals surface area (Å²) in [5.74, 6) is 5.73. The molecular formula is C12H22N4O. The molecule has 0 saturated carbocycles. The standard InChI is InChI=1S/C10H16N4O.C2H6/c1-7-8(2)14-4-3-13(11)6-9(14)5-10(15)12-7;1-2/h9H,1-6,11H2,(H,12,15);1-2H3. The maximum atomic E-state index is 11.5. The van der Waals surface area contributed by atoms with Crippen LogP contribution in [0.25, 0.3) is 0 Å². The lowest BCUT2D eigenvalue weighted by atomic mass is 10.1. The minimum Gasteiger partial charge on any atom is -0.364 e. The highest BCUT2D eigenvalue weighted by molar-refractivity contribution is 5.80. The molecule has 3 N–H and O–H groups in total. The molecule has 5 heteroatoms. The lowest BCUT2D eigenvalue weighted by Gasteiger charge is -2.40. The Morgan fingerprint density at radius 3 is 2.65 bits per heavy atom. The van der Waals surface area contributed by atoms with Gasteiger partial charge in [-0.05, 0) is 0 Å². The monoisotopic (exact) mass is 238 g/mol. The highest BCUT2D eigenvalue weighted by Gasteiger charge is 2.32. The molecule has 0 aromatic carbocycles. The third-order valence-corrected chi connectivity index (χ3v) is 2.92. The average molecular weight is 238 g/mol. The van der Waals surface area contributed by atoms with Gasteiger partial charge in [0.05, 0.1) is 17.4 Å². The second-order valence-corrected chi connectivity index (χ2v) is 4.02. The molecule has 2 aliphatic rings. The van der Waals surface area contributed by atoms with Gasteiger partial charge in [0.15, 0.2) is 0 Å². The van der Waals surface area contributed by atoms with Gasteiger partial charge in [0, 0.05) is 26.1 Å². The zero-order valence-corrected chi connectivity index (χ0v) is 10.7. The van der Waals surface area contributed by atoms with Crippen LogP contribution >= 0.6 is 0 Å². The maximum absolute atomic E-state index is 11.5. The van der Waals surface area contributed by atoms with Crippen LogP contribution in [0.3, 0.4) is 0 Å². The van der Waals surface area contributed by atoms with Crippen molar-refractivity contribution < 1.29 is 4.79 Å². The average Bonchev–Trinajstić information content (AvgIpc) is 2.39. The molecule has 17 heavy (non-hydrogen) atoms. The van der Waals surface area contributed by atoms with Crippen LogP contribution in [-0.2, 0) is 4.79 Å².